The van der Waals surface area contributed by atoms with E-state index < -0.39 is 0 Å². The van der Waals surface area contributed by atoms with Crippen molar-refractivity contribution in [3.8, 4) is 0 Å². The van der Waals surface area contributed by atoms with Gasteiger partial charge in [-0.05, 0) is 41.8 Å². The number of anilines is 1. The maximum Gasteiger partial charge on any atom is 0.227 e. The highest BCUT2D eigenvalue weighted by atomic mass is 19.1. The minimum atomic E-state index is -0.158. The standard InChI is InChI=1S/C20H24FN3O/c1-15-2-3-17(12-19(15)21)14-23-8-10-24(11-9-23)20(25)13-16-4-6-18(22)7-5-16/h2-7,12H,8-11,13-14,22H2,1H3. The molecule has 0 saturated carbocycles. The van der Waals surface area contributed by atoms with E-state index in [0.29, 0.717) is 30.8 Å². The zero-order valence-electron chi connectivity index (χ0n) is 14.5. The van der Waals surface area contributed by atoms with Gasteiger partial charge in [0.25, 0.3) is 0 Å². The number of benzene rings is 2. The molecule has 1 fully saturated rings. The number of nitrogen functional groups attached to an aromatic ring is 1. The van der Waals surface area contributed by atoms with Crippen molar-refractivity contribution in [2.75, 3.05) is 31.9 Å². The number of rotatable bonds is 4. The van der Waals surface area contributed by atoms with E-state index in [-0.39, 0.29) is 11.7 Å². The second-order valence-corrected chi connectivity index (χ2v) is 6.66. The molecule has 5 heteroatoms. The molecule has 1 saturated heterocycles. The summed E-state index contributed by atoms with van der Waals surface area (Å²) in [6.45, 7) is 5.53. The smallest absolute Gasteiger partial charge is 0.227 e. The number of nitrogens with zero attached hydrogens (tertiary/aromatic N) is 2. The lowest BCUT2D eigenvalue weighted by Crippen LogP contribution is -2.48. The van der Waals surface area contributed by atoms with E-state index in [1.807, 2.05) is 41.3 Å². The summed E-state index contributed by atoms with van der Waals surface area (Å²) in [6.07, 6.45) is 0.406. The van der Waals surface area contributed by atoms with Crippen LogP contribution in [0.5, 0.6) is 0 Å². The first-order valence-corrected chi connectivity index (χ1v) is 8.61. The molecule has 0 spiro atoms. The SMILES string of the molecule is Cc1ccc(CN2CCN(C(=O)Cc3ccc(N)cc3)CC2)cc1F. The van der Waals surface area contributed by atoms with Crippen LogP contribution in [0.25, 0.3) is 0 Å². The first-order valence-electron chi connectivity index (χ1n) is 8.61. The number of hydrogen-bond acceptors (Lipinski definition) is 3. The largest absolute Gasteiger partial charge is 0.399 e. The second kappa shape index (κ2) is 7.66. The maximum atomic E-state index is 13.7. The van der Waals surface area contributed by atoms with Gasteiger partial charge in [0, 0.05) is 38.4 Å². The fraction of sp³-hybridized carbons (Fsp3) is 0.350. The van der Waals surface area contributed by atoms with Gasteiger partial charge in [0.05, 0.1) is 6.42 Å². The van der Waals surface area contributed by atoms with E-state index in [9.17, 15) is 9.18 Å². The summed E-state index contributed by atoms with van der Waals surface area (Å²) in [7, 11) is 0. The summed E-state index contributed by atoms with van der Waals surface area (Å²) >= 11 is 0. The lowest BCUT2D eigenvalue weighted by molar-refractivity contribution is -0.132. The number of carbonyl (C=O) groups excluding carboxylic acids is 1. The minimum Gasteiger partial charge on any atom is -0.399 e. The van der Waals surface area contributed by atoms with Crippen molar-refractivity contribution in [3.63, 3.8) is 0 Å². The molecule has 132 valence electrons. The van der Waals surface area contributed by atoms with Crippen LogP contribution in [0.15, 0.2) is 42.5 Å². The number of piperazine rings is 1. The second-order valence-electron chi connectivity index (χ2n) is 6.66. The van der Waals surface area contributed by atoms with Crippen LogP contribution in [0.3, 0.4) is 0 Å². The van der Waals surface area contributed by atoms with E-state index in [0.717, 1.165) is 30.8 Å². The zero-order valence-corrected chi connectivity index (χ0v) is 14.5. The predicted octanol–water partition coefficient (Wildman–Crippen LogP) is 2.60. The third kappa shape index (κ3) is 4.57. The van der Waals surface area contributed by atoms with E-state index in [2.05, 4.69) is 4.90 Å². The average Bonchev–Trinajstić information content (AvgIpc) is 2.61. The minimum absolute atomic E-state index is 0.144. The highest BCUT2D eigenvalue weighted by Crippen LogP contribution is 2.14. The Balaban J connectivity index is 1.50. The topological polar surface area (TPSA) is 49.6 Å². The first kappa shape index (κ1) is 17.4. The molecular formula is C20H24FN3O. The van der Waals surface area contributed by atoms with E-state index in [1.165, 1.54) is 0 Å². The molecule has 25 heavy (non-hydrogen) atoms. The Morgan fingerprint density at radius 3 is 2.32 bits per heavy atom. The van der Waals surface area contributed by atoms with Gasteiger partial charge < -0.3 is 10.6 Å². The van der Waals surface area contributed by atoms with Crippen molar-refractivity contribution >= 4 is 11.6 Å². The van der Waals surface area contributed by atoms with Crippen LogP contribution in [0.2, 0.25) is 0 Å². The molecule has 2 aromatic carbocycles. The van der Waals surface area contributed by atoms with Crippen molar-refractivity contribution in [1.82, 2.24) is 9.80 Å². The Hall–Kier alpha value is -2.40. The van der Waals surface area contributed by atoms with Gasteiger partial charge in [0.15, 0.2) is 0 Å². The molecule has 0 unspecified atom stereocenters. The molecule has 1 amide bonds. The van der Waals surface area contributed by atoms with Crippen molar-refractivity contribution in [3.05, 3.63) is 65.0 Å². The lowest BCUT2D eigenvalue weighted by atomic mass is 10.1. The molecule has 4 nitrogen and oxygen atoms in total. The van der Waals surface area contributed by atoms with Crippen LogP contribution in [0.1, 0.15) is 16.7 Å². The molecule has 0 atom stereocenters. The summed E-state index contributed by atoms with van der Waals surface area (Å²) in [5, 5.41) is 0. The van der Waals surface area contributed by atoms with Gasteiger partial charge in [-0.2, -0.15) is 0 Å². The predicted molar refractivity (Wildman–Crippen MR) is 97.6 cm³/mol. The summed E-state index contributed by atoms with van der Waals surface area (Å²) in [6, 6.07) is 12.8. The molecule has 2 N–H and O–H groups in total. The van der Waals surface area contributed by atoms with Crippen molar-refractivity contribution < 1.29 is 9.18 Å². The van der Waals surface area contributed by atoms with Gasteiger partial charge in [-0.1, -0.05) is 24.3 Å². The molecule has 0 bridgehead atoms. The monoisotopic (exact) mass is 341 g/mol. The van der Waals surface area contributed by atoms with Crippen molar-refractivity contribution in [2.45, 2.75) is 19.9 Å². The third-order valence-corrected chi connectivity index (χ3v) is 4.70. The van der Waals surface area contributed by atoms with Gasteiger partial charge in [0.1, 0.15) is 5.82 Å². The number of halogens is 1. The Morgan fingerprint density at radius 2 is 1.68 bits per heavy atom. The van der Waals surface area contributed by atoms with Gasteiger partial charge in [-0.3, -0.25) is 9.69 Å². The first-order chi connectivity index (χ1) is 12.0. The molecule has 0 aliphatic carbocycles. The van der Waals surface area contributed by atoms with Gasteiger partial charge >= 0.3 is 0 Å². The van der Waals surface area contributed by atoms with Crippen LogP contribution >= 0.6 is 0 Å². The lowest BCUT2D eigenvalue weighted by Gasteiger charge is -2.35. The summed E-state index contributed by atoms with van der Waals surface area (Å²) in [5.74, 6) is -0.0133. The Labute approximate surface area is 148 Å². The van der Waals surface area contributed by atoms with Crippen molar-refractivity contribution in [2.24, 2.45) is 0 Å². The molecule has 2 aromatic rings. The highest BCUT2D eigenvalue weighted by molar-refractivity contribution is 5.79. The third-order valence-electron chi connectivity index (χ3n) is 4.70. The fourth-order valence-electron chi connectivity index (χ4n) is 3.07. The maximum absolute atomic E-state index is 13.7. The zero-order chi connectivity index (χ0) is 17.8. The van der Waals surface area contributed by atoms with E-state index in [1.54, 1.807) is 13.0 Å². The molecule has 1 heterocycles. The van der Waals surface area contributed by atoms with Gasteiger partial charge in [0.2, 0.25) is 5.91 Å². The van der Waals surface area contributed by atoms with E-state index >= 15 is 0 Å². The molecule has 1 aliphatic heterocycles. The van der Waals surface area contributed by atoms with Crippen LogP contribution in [0, 0.1) is 12.7 Å². The van der Waals surface area contributed by atoms with Gasteiger partial charge in [-0.25, -0.2) is 4.39 Å². The van der Waals surface area contributed by atoms with Crippen LogP contribution in [-0.2, 0) is 17.8 Å². The highest BCUT2D eigenvalue weighted by Gasteiger charge is 2.21. The number of amides is 1. The number of aryl methyl sites for hydroxylation is 1. The van der Waals surface area contributed by atoms with Crippen LogP contribution in [0.4, 0.5) is 10.1 Å². The van der Waals surface area contributed by atoms with E-state index in [4.69, 9.17) is 5.73 Å². The summed E-state index contributed by atoms with van der Waals surface area (Å²) in [5.41, 5.74) is 9.01. The molecular weight excluding hydrogens is 317 g/mol. The number of carbonyl (C=O) groups is 1. The summed E-state index contributed by atoms with van der Waals surface area (Å²) in [4.78, 5) is 16.6. The Morgan fingerprint density at radius 1 is 1.04 bits per heavy atom. The van der Waals surface area contributed by atoms with Crippen LogP contribution in [-0.4, -0.2) is 41.9 Å². The number of hydrogen-bond donors (Lipinski definition) is 1. The van der Waals surface area contributed by atoms with Gasteiger partial charge in [-0.15, -0.1) is 0 Å². The summed E-state index contributed by atoms with van der Waals surface area (Å²) < 4.78 is 13.7. The molecule has 1 aliphatic rings. The molecule has 0 aromatic heterocycles. The average molecular weight is 341 g/mol. The quantitative estimate of drug-likeness (QED) is 0.870. The van der Waals surface area contributed by atoms with Crippen LogP contribution < -0.4 is 5.73 Å². The van der Waals surface area contributed by atoms with Crippen molar-refractivity contribution in [1.29, 1.82) is 0 Å². The Kier molecular flexibility index (Phi) is 5.34. The number of nitrogens with two attached hydrogens (primary N) is 1. The normalized spacial score (nSPS) is 15.4. The molecule has 0 radical (unpaired) electrons. The Bertz CT molecular complexity index is 737. The fourth-order valence-corrected chi connectivity index (χ4v) is 3.07. The molecule has 3 rings (SSSR count).